The molecule has 1 aliphatic carbocycles. The van der Waals surface area contributed by atoms with Crippen LogP contribution in [0.25, 0.3) is 0 Å². The van der Waals surface area contributed by atoms with E-state index < -0.39 is 0 Å². The number of carbonyl (C=O) groups is 1. The van der Waals surface area contributed by atoms with Gasteiger partial charge in [0.05, 0.1) is 0 Å². The van der Waals surface area contributed by atoms with Crippen molar-refractivity contribution >= 4 is 11.6 Å². The molecule has 2 nitrogen and oxygen atoms in total. The highest BCUT2D eigenvalue weighted by atomic mass is 16.2. The summed E-state index contributed by atoms with van der Waals surface area (Å²) in [5.74, 6) is 1.08. The van der Waals surface area contributed by atoms with Crippen LogP contribution >= 0.6 is 0 Å². The highest BCUT2D eigenvalue weighted by molar-refractivity contribution is 5.94. The Morgan fingerprint density at radius 3 is 2.81 bits per heavy atom. The van der Waals surface area contributed by atoms with E-state index in [9.17, 15) is 4.79 Å². The Morgan fingerprint density at radius 1 is 1.19 bits per heavy atom. The van der Waals surface area contributed by atoms with Crippen molar-refractivity contribution in [3.05, 3.63) is 29.8 Å². The molecule has 0 spiro atoms. The first-order chi connectivity index (χ1) is 7.84. The molecule has 0 bridgehead atoms. The summed E-state index contributed by atoms with van der Waals surface area (Å²) in [5.41, 5.74) is 2.51. The molecule has 1 aromatic carbocycles. The molecule has 0 aromatic heterocycles. The van der Waals surface area contributed by atoms with Crippen molar-refractivity contribution in [3.8, 4) is 0 Å². The Morgan fingerprint density at radius 2 is 2.00 bits per heavy atom. The van der Waals surface area contributed by atoms with Crippen LogP contribution in [0.15, 0.2) is 24.3 Å². The summed E-state index contributed by atoms with van der Waals surface area (Å²) in [5, 5.41) is 0. The lowest BCUT2D eigenvalue weighted by Crippen LogP contribution is -2.32. The van der Waals surface area contributed by atoms with Gasteiger partial charge in [0.1, 0.15) is 0 Å². The standard InChI is InChI=1S/C14H17NO/c16-14-7-3-5-12-4-1-2-6-13(12)15(14)10-11-8-9-11/h1-2,4,6,11H,3,5,7-10H2. The molecule has 1 aliphatic heterocycles. The zero-order valence-corrected chi connectivity index (χ0v) is 9.48. The van der Waals surface area contributed by atoms with Crippen LogP contribution in [0.2, 0.25) is 0 Å². The molecule has 0 saturated heterocycles. The number of anilines is 1. The summed E-state index contributed by atoms with van der Waals surface area (Å²) in [4.78, 5) is 14.1. The SMILES string of the molecule is O=C1CCCc2ccccc2N1CC1CC1. The lowest BCUT2D eigenvalue weighted by atomic mass is 10.1. The van der Waals surface area contributed by atoms with Gasteiger partial charge in [0.15, 0.2) is 0 Å². The summed E-state index contributed by atoms with van der Waals surface area (Å²) >= 11 is 0. The van der Waals surface area contributed by atoms with Crippen molar-refractivity contribution in [1.29, 1.82) is 0 Å². The molecule has 2 aliphatic rings. The van der Waals surface area contributed by atoms with E-state index in [1.54, 1.807) is 0 Å². The minimum absolute atomic E-state index is 0.317. The van der Waals surface area contributed by atoms with Gasteiger partial charge in [0.2, 0.25) is 5.91 Å². The van der Waals surface area contributed by atoms with Gasteiger partial charge in [-0.1, -0.05) is 18.2 Å². The van der Waals surface area contributed by atoms with Gasteiger partial charge in [-0.2, -0.15) is 0 Å². The zero-order chi connectivity index (χ0) is 11.0. The van der Waals surface area contributed by atoms with E-state index in [0.717, 1.165) is 31.0 Å². The minimum Gasteiger partial charge on any atom is -0.312 e. The Kier molecular flexibility index (Phi) is 2.43. The number of aryl methyl sites for hydroxylation is 1. The lowest BCUT2D eigenvalue weighted by molar-refractivity contribution is -0.118. The predicted octanol–water partition coefficient (Wildman–Crippen LogP) is 2.77. The van der Waals surface area contributed by atoms with Gasteiger partial charge < -0.3 is 4.90 Å². The molecule has 0 N–H and O–H groups in total. The molecule has 0 radical (unpaired) electrons. The number of hydrogen-bond acceptors (Lipinski definition) is 1. The molecule has 2 heteroatoms. The number of nitrogens with zero attached hydrogens (tertiary/aromatic N) is 1. The zero-order valence-electron chi connectivity index (χ0n) is 9.48. The molecule has 1 fully saturated rings. The van der Waals surface area contributed by atoms with Crippen molar-refractivity contribution < 1.29 is 4.79 Å². The van der Waals surface area contributed by atoms with Crippen LogP contribution in [0, 0.1) is 5.92 Å². The maximum Gasteiger partial charge on any atom is 0.227 e. The molecule has 0 unspecified atom stereocenters. The molecule has 84 valence electrons. The van der Waals surface area contributed by atoms with Crippen molar-refractivity contribution in [2.75, 3.05) is 11.4 Å². The average molecular weight is 215 g/mol. The normalized spacial score (nSPS) is 20.5. The van der Waals surface area contributed by atoms with Gasteiger partial charge in [-0.3, -0.25) is 4.79 Å². The Labute approximate surface area is 96.3 Å². The molecule has 1 saturated carbocycles. The summed E-state index contributed by atoms with van der Waals surface area (Å²) in [6, 6.07) is 8.37. The van der Waals surface area contributed by atoms with Crippen molar-refractivity contribution in [1.82, 2.24) is 0 Å². The van der Waals surface area contributed by atoms with Crippen LogP contribution in [0.5, 0.6) is 0 Å². The van der Waals surface area contributed by atoms with Crippen molar-refractivity contribution in [3.63, 3.8) is 0 Å². The van der Waals surface area contributed by atoms with Crippen LogP contribution in [-0.2, 0) is 11.2 Å². The second kappa shape index (κ2) is 3.93. The Hall–Kier alpha value is -1.31. The highest BCUT2D eigenvalue weighted by Crippen LogP contribution is 2.34. The van der Waals surface area contributed by atoms with Crippen LogP contribution in [0.4, 0.5) is 5.69 Å². The van der Waals surface area contributed by atoms with E-state index in [1.165, 1.54) is 18.4 Å². The van der Waals surface area contributed by atoms with Crippen LogP contribution < -0.4 is 4.90 Å². The van der Waals surface area contributed by atoms with Crippen LogP contribution in [0.1, 0.15) is 31.2 Å². The van der Waals surface area contributed by atoms with E-state index in [2.05, 4.69) is 18.2 Å². The topological polar surface area (TPSA) is 20.3 Å². The van der Waals surface area contributed by atoms with E-state index in [0.29, 0.717) is 12.3 Å². The lowest BCUT2D eigenvalue weighted by Gasteiger charge is -2.22. The molecule has 3 rings (SSSR count). The molecule has 1 aromatic rings. The third kappa shape index (κ3) is 1.84. The summed E-state index contributed by atoms with van der Waals surface area (Å²) in [7, 11) is 0. The summed E-state index contributed by atoms with van der Waals surface area (Å²) in [6.07, 6.45) is 5.35. The number of carbonyl (C=O) groups excluding carboxylic acids is 1. The number of para-hydroxylation sites is 1. The first-order valence-corrected chi connectivity index (χ1v) is 6.23. The van der Waals surface area contributed by atoms with Crippen LogP contribution in [-0.4, -0.2) is 12.5 Å². The molecular formula is C14H17NO. The van der Waals surface area contributed by atoms with Gasteiger partial charge in [-0.05, 0) is 43.2 Å². The number of fused-ring (bicyclic) bond motifs is 1. The van der Waals surface area contributed by atoms with Gasteiger partial charge in [0, 0.05) is 18.7 Å². The maximum atomic E-state index is 12.1. The fourth-order valence-electron chi connectivity index (χ4n) is 2.44. The number of hydrogen-bond donors (Lipinski definition) is 0. The molecular weight excluding hydrogens is 198 g/mol. The third-order valence-electron chi connectivity index (χ3n) is 3.56. The second-order valence-electron chi connectivity index (χ2n) is 4.93. The number of amides is 1. The molecule has 1 heterocycles. The van der Waals surface area contributed by atoms with Crippen molar-refractivity contribution in [2.24, 2.45) is 5.92 Å². The monoisotopic (exact) mass is 215 g/mol. The Balaban J connectivity index is 1.94. The van der Waals surface area contributed by atoms with E-state index in [1.807, 2.05) is 11.0 Å². The van der Waals surface area contributed by atoms with Gasteiger partial charge in [-0.25, -0.2) is 0 Å². The summed E-state index contributed by atoms with van der Waals surface area (Å²) in [6.45, 7) is 0.940. The van der Waals surface area contributed by atoms with E-state index >= 15 is 0 Å². The average Bonchev–Trinajstić information content (AvgIpc) is 3.10. The fraction of sp³-hybridized carbons (Fsp3) is 0.500. The minimum atomic E-state index is 0.317. The maximum absolute atomic E-state index is 12.1. The largest absolute Gasteiger partial charge is 0.312 e. The predicted molar refractivity (Wildman–Crippen MR) is 64.5 cm³/mol. The quantitative estimate of drug-likeness (QED) is 0.743. The van der Waals surface area contributed by atoms with Crippen molar-refractivity contribution in [2.45, 2.75) is 32.1 Å². The van der Waals surface area contributed by atoms with E-state index in [-0.39, 0.29) is 0 Å². The van der Waals surface area contributed by atoms with Gasteiger partial charge in [-0.15, -0.1) is 0 Å². The number of rotatable bonds is 2. The highest BCUT2D eigenvalue weighted by Gasteiger charge is 2.29. The molecule has 16 heavy (non-hydrogen) atoms. The second-order valence-corrected chi connectivity index (χ2v) is 4.93. The first kappa shape index (κ1) is 9.88. The number of benzene rings is 1. The smallest absolute Gasteiger partial charge is 0.227 e. The summed E-state index contributed by atoms with van der Waals surface area (Å²) < 4.78 is 0. The van der Waals surface area contributed by atoms with Gasteiger partial charge in [0.25, 0.3) is 0 Å². The van der Waals surface area contributed by atoms with Gasteiger partial charge >= 0.3 is 0 Å². The van der Waals surface area contributed by atoms with E-state index in [4.69, 9.17) is 0 Å². The third-order valence-corrected chi connectivity index (χ3v) is 3.56. The first-order valence-electron chi connectivity index (χ1n) is 6.23. The molecule has 1 amide bonds. The van der Waals surface area contributed by atoms with Crippen LogP contribution in [0.3, 0.4) is 0 Å². The Bertz CT molecular complexity index is 409. The molecule has 0 atom stereocenters. The fourth-order valence-corrected chi connectivity index (χ4v) is 2.44.